The Morgan fingerprint density at radius 3 is 1.55 bits per heavy atom. The Labute approximate surface area is 139 Å². The number of allylic oxidation sites excluding steroid dienone is 4. The Bertz CT molecular complexity index is 222. The zero-order valence-corrected chi connectivity index (χ0v) is 15.1. The summed E-state index contributed by atoms with van der Waals surface area (Å²) < 4.78 is 0. The van der Waals surface area contributed by atoms with E-state index in [0.29, 0.717) is 6.61 Å². The van der Waals surface area contributed by atoms with Gasteiger partial charge in [0.15, 0.2) is 0 Å². The molecule has 0 aromatic rings. The summed E-state index contributed by atoms with van der Waals surface area (Å²) in [4.78, 5) is 0. The van der Waals surface area contributed by atoms with E-state index in [0.717, 1.165) is 12.8 Å². The second-order valence-electron chi connectivity index (χ2n) is 5.62. The van der Waals surface area contributed by atoms with Gasteiger partial charge < -0.3 is 10.2 Å². The normalized spacial score (nSPS) is 11.1. The first-order valence-corrected chi connectivity index (χ1v) is 9.35. The molecule has 0 aromatic carbocycles. The highest BCUT2D eigenvalue weighted by Crippen LogP contribution is 2.07. The number of aliphatic hydroxyl groups excluding tert-OH is 2. The first-order valence-electron chi connectivity index (χ1n) is 9.35. The predicted molar refractivity (Wildman–Crippen MR) is 99.2 cm³/mol. The molecule has 0 amide bonds. The van der Waals surface area contributed by atoms with Crippen molar-refractivity contribution in [1.82, 2.24) is 0 Å². The lowest BCUT2D eigenvalue weighted by Gasteiger charge is -1.98. The van der Waals surface area contributed by atoms with Crippen LogP contribution in [0.25, 0.3) is 0 Å². The minimum absolute atomic E-state index is 0.250. The highest BCUT2D eigenvalue weighted by atomic mass is 16.3. The van der Waals surface area contributed by atoms with Crippen LogP contribution in [0.4, 0.5) is 0 Å². The van der Waals surface area contributed by atoms with Crippen molar-refractivity contribution in [2.45, 2.75) is 90.9 Å². The highest BCUT2D eigenvalue weighted by Gasteiger charge is 1.89. The SMILES string of the molecule is CCCCC/C=C\C/C=C\CCCCCCCCO.CCO. The van der Waals surface area contributed by atoms with E-state index in [-0.39, 0.29) is 6.61 Å². The van der Waals surface area contributed by atoms with Gasteiger partial charge in [0, 0.05) is 13.2 Å². The summed E-state index contributed by atoms with van der Waals surface area (Å²) in [5.41, 5.74) is 0. The van der Waals surface area contributed by atoms with Crippen LogP contribution in [-0.4, -0.2) is 23.4 Å². The molecule has 0 aliphatic heterocycles. The second-order valence-corrected chi connectivity index (χ2v) is 5.62. The van der Waals surface area contributed by atoms with E-state index < -0.39 is 0 Å². The molecule has 0 heterocycles. The minimum atomic E-state index is 0.250. The third kappa shape index (κ3) is 27.7. The third-order valence-electron chi connectivity index (χ3n) is 3.36. The molecule has 0 saturated carbocycles. The molecule has 0 fully saturated rings. The summed E-state index contributed by atoms with van der Waals surface area (Å²) in [7, 11) is 0. The van der Waals surface area contributed by atoms with Crippen LogP contribution in [0.1, 0.15) is 90.9 Å². The number of unbranched alkanes of at least 4 members (excludes halogenated alkanes) is 9. The molecule has 0 spiro atoms. The van der Waals surface area contributed by atoms with Crippen molar-refractivity contribution >= 4 is 0 Å². The minimum Gasteiger partial charge on any atom is -0.397 e. The van der Waals surface area contributed by atoms with E-state index in [2.05, 4.69) is 31.2 Å². The van der Waals surface area contributed by atoms with Gasteiger partial charge in [-0.2, -0.15) is 0 Å². The van der Waals surface area contributed by atoms with Gasteiger partial charge in [-0.05, 0) is 45.4 Å². The van der Waals surface area contributed by atoms with Gasteiger partial charge in [-0.25, -0.2) is 0 Å². The molecule has 0 radical (unpaired) electrons. The maximum absolute atomic E-state index is 8.66. The first kappa shape index (κ1) is 23.7. The zero-order valence-electron chi connectivity index (χ0n) is 15.1. The van der Waals surface area contributed by atoms with Gasteiger partial charge in [0.05, 0.1) is 0 Å². The molecule has 132 valence electrons. The molecule has 0 unspecified atom stereocenters. The Kier molecular flexibility index (Phi) is 27.3. The lowest BCUT2D eigenvalue weighted by molar-refractivity contribution is 0.282. The van der Waals surface area contributed by atoms with Crippen molar-refractivity contribution < 1.29 is 10.2 Å². The van der Waals surface area contributed by atoms with E-state index >= 15 is 0 Å². The van der Waals surface area contributed by atoms with E-state index in [1.165, 1.54) is 64.2 Å². The van der Waals surface area contributed by atoms with Crippen molar-refractivity contribution in [3.05, 3.63) is 24.3 Å². The summed E-state index contributed by atoms with van der Waals surface area (Å²) in [6.45, 7) is 4.54. The van der Waals surface area contributed by atoms with Crippen LogP contribution in [0.5, 0.6) is 0 Å². The molecular weight excluding hydrogens is 272 g/mol. The molecule has 0 rings (SSSR count). The monoisotopic (exact) mass is 312 g/mol. The van der Waals surface area contributed by atoms with Gasteiger partial charge in [0.1, 0.15) is 0 Å². The van der Waals surface area contributed by atoms with E-state index in [1.54, 1.807) is 6.92 Å². The van der Waals surface area contributed by atoms with Gasteiger partial charge >= 0.3 is 0 Å². The first-order chi connectivity index (χ1) is 10.8. The number of hydrogen-bond donors (Lipinski definition) is 2. The largest absolute Gasteiger partial charge is 0.397 e. The molecule has 0 aromatic heterocycles. The summed E-state index contributed by atoms with van der Waals surface area (Å²) in [6.07, 6.45) is 24.2. The van der Waals surface area contributed by atoms with Crippen molar-refractivity contribution in [3.63, 3.8) is 0 Å². The Morgan fingerprint density at radius 2 is 1.05 bits per heavy atom. The van der Waals surface area contributed by atoms with Gasteiger partial charge in [-0.1, -0.05) is 69.8 Å². The average Bonchev–Trinajstić information content (AvgIpc) is 2.52. The molecule has 0 aliphatic carbocycles. The summed E-state index contributed by atoms with van der Waals surface area (Å²) >= 11 is 0. The van der Waals surface area contributed by atoms with Gasteiger partial charge in [0.25, 0.3) is 0 Å². The second kappa shape index (κ2) is 25.4. The Hall–Kier alpha value is -0.600. The fourth-order valence-corrected chi connectivity index (χ4v) is 2.10. The summed E-state index contributed by atoms with van der Waals surface area (Å²) in [5.74, 6) is 0. The van der Waals surface area contributed by atoms with Gasteiger partial charge in [-0.15, -0.1) is 0 Å². The Morgan fingerprint density at radius 1 is 0.591 bits per heavy atom. The van der Waals surface area contributed by atoms with Crippen LogP contribution in [-0.2, 0) is 0 Å². The van der Waals surface area contributed by atoms with E-state index in [9.17, 15) is 0 Å². The highest BCUT2D eigenvalue weighted by molar-refractivity contribution is 4.92. The molecule has 0 aliphatic rings. The number of hydrogen-bond acceptors (Lipinski definition) is 2. The van der Waals surface area contributed by atoms with Gasteiger partial charge in [-0.3, -0.25) is 0 Å². The van der Waals surface area contributed by atoms with Crippen LogP contribution in [0.15, 0.2) is 24.3 Å². The standard InChI is InChI=1S/C18H34O.C2H6O/c1-2-3-4-5-6-7-8-9-10-11-12-13-14-15-16-17-18-19;1-2-3/h6-7,9-10,19H,2-5,8,11-18H2,1H3;3H,2H2,1H3/b7-6-,10-9-;. The quantitative estimate of drug-likeness (QED) is 0.315. The lowest BCUT2D eigenvalue weighted by atomic mass is 10.1. The maximum Gasteiger partial charge on any atom is 0.0431 e. The number of rotatable bonds is 14. The summed E-state index contributed by atoms with van der Waals surface area (Å²) in [6, 6.07) is 0. The maximum atomic E-state index is 8.66. The lowest BCUT2D eigenvalue weighted by Crippen LogP contribution is -1.83. The Balaban J connectivity index is 0. The number of aliphatic hydroxyl groups is 2. The predicted octanol–water partition coefficient (Wildman–Crippen LogP) is 5.79. The molecule has 0 saturated heterocycles. The van der Waals surface area contributed by atoms with Crippen molar-refractivity contribution in [1.29, 1.82) is 0 Å². The van der Waals surface area contributed by atoms with Crippen LogP contribution in [0, 0.1) is 0 Å². The van der Waals surface area contributed by atoms with E-state index in [4.69, 9.17) is 10.2 Å². The van der Waals surface area contributed by atoms with Crippen molar-refractivity contribution in [2.75, 3.05) is 13.2 Å². The van der Waals surface area contributed by atoms with Crippen molar-refractivity contribution in [3.8, 4) is 0 Å². The third-order valence-corrected chi connectivity index (χ3v) is 3.36. The average molecular weight is 313 g/mol. The molecular formula is C20H40O2. The molecule has 22 heavy (non-hydrogen) atoms. The zero-order chi connectivity index (χ0) is 16.7. The van der Waals surface area contributed by atoms with Crippen LogP contribution in [0.3, 0.4) is 0 Å². The van der Waals surface area contributed by atoms with E-state index in [1.807, 2.05) is 0 Å². The van der Waals surface area contributed by atoms with Crippen molar-refractivity contribution in [2.24, 2.45) is 0 Å². The van der Waals surface area contributed by atoms with Gasteiger partial charge in [0.2, 0.25) is 0 Å². The van der Waals surface area contributed by atoms with Crippen LogP contribution in [0.2, 0.25) is 0 Å². The molecule has 2 heteroatoms. The smallest absolute Gasteiger partial charge is 0.0431 e. The van der Waals surface area contributed by atoms with Crippen LogP contribution < -0.4 is 0 Å². The molecule has 0 atom stereocenters. The molecule has 2 nitrogen and oxygen atoms in total. The fraction of sp³-hybridized carbons (Fsp3) is 0.800. The molecule has 2 N–H and O–H groups in total. The van der Waals surface area contributed by atoms with Crippen LogP contribution >= 0.6 is 0 Å². The molecule has 0 bridgehead atoms. The topological polar surface area (TPSA) is 40.5 Å². The fourth-order valence-electron chi connectivity index (χ4n) is 2.10. The summed E-state index contributed by atoms with van der Waals surface area (Å²) in [5, 5.41) is 16.2.